The highest BCUT2D eigenvalue weighted by Gasteiger charge is 2.26. The van der Waals surface area contributed by atoms with Crippen LogP contribution in [0.25, 0.3) is 0 Å². The maximum Gasteiger partial charge on any atom is 0.401 e. The summed E-state index contributed by atoms with van der Waals surface area (Å²) in [7, 11) is -2.31. The third kappa shape index (κ3) is 6.10. The molecule has 0 aliphatic heterocycles. The number of carbonyl (C=O) groups is 1. The summed E-state index contributed by atoms with van der Waals surface area (Å²) in [4.78, 5) is 11.4. The summed E-state index contributed by atoms with van der Waals surface area (Å²) in [6.45, 7) is -1.77. The molecule has 0 heterocycles. The quantitative estimate of drug-likeness (QED) is 0.718. The van der Waals surface area contributed by atoms with Crippen molar-refractivity contribution >= 4 is 21.6 Å². The van der Waals surface area contributed by atoms with Crippen molar-refractivity contribution in [3.8, 4) is 0 Å². The molecule has 0 saturated heterocycles. The molecule has 10 heteroatoms. The van der Waals surface area contributed by atoms with E-state index in [1.54, 1.807) is 0 Å². The molecule has 0 spiro atoms. The fourth-order valence-corrected chi connectivity index (χ4v) is 2.09. The van der Waals surface area contributed by atoms with Crippen LogP contribution in [0.3, 0.4) is 0 Å². The van der Waals surface area contributed by atoms with Crippen molar-refractivity contribution in [2.24, 2.45) is 0 Å². The fraction of sp³-hybridized carbons (Fsp3) is 0.364. The van der Waals surface area contributed by atoms with Crippen molar-refractivity contribution in [3.05, 3.63) is 24.3 Å². The van der Waals surface area contributed by atoms with E-state index >= 15 is 0 Å². The topological polar surface area (TPSA) is 87.3 Å². The molecule has 0 unspecified atom stereocenters. The predicted molar refractivity (Wildman–Crippen MR) is 70.2 cm³/mol. The molecule has 6 nitrogen and oxygen atoms in total. The van der Waals surface area contributed by atoms with E-state index in [1.807, 2.05) is 5.32 Å². The number of rotatable bonds is 6. The van der Waals surface area contributed by atoms with Crippen LogP contribution in [0.15, 0.2) is 29.2 Å². The maximum atomic E-state index is 11.9. The van der Waals surface area contributed by atoms with Crippen molar-refractivity contribution < 1.29 is 26.4 Å². The molecule has 0 aliphatic rings. The minimum Gasteiger partial charge on any atom is -0.325 e. The number of carbonyl (C=O) groups excluding carboxylic acids is 1. The zero-order valence-electron chi connectivity index (χ0n) is 11.0. The third-order valence-corrected chi connectivity index (χ3v) is 3.76. The fourth-order valence-electron chi connectivity index (χ4n) is 1.36. The smallest absolute Gasteiger partial charge is 0.325 e. The molecule has 3 N–H and O–H groups in total. The Morgan fingerprint density at radius 2 is 1.76 bits per heavy atom. The Kier molecular flexibility index (Phi) is 5.70. The molecule has 0 atom stereocenters. The van der Waals surface area contributed by atoms with Crippen LogP contribution in [-0.4, -0.2) is 40.6 Å². The van der Waals surface area contributed by atoms with Gasteiger partial charge in [-0.1, -0.05) is 0 Å². The molecule has 0 fully saturated rings. The number of hydrogen-bond donors (Lipinski definition) is 3. The second-order valence-corrected chi connectivity index (χ2v) is 5.89. The molecule has 1 rings (SSSR count). The van der Waals surface area contributed by atoms with Crippen LogP contribution in [0.4, 0.5) is 18.9 Å². The first-order chi connectivity index (χ1) is 9.64. The molecular formula is C11H14F3N3O3S. The second-order valence-electron chi connectivity index (χ2n) is 4.00. The van der Waals surface area contributed by atoms with Gasteiger partial charge in [-0.05, 0) is 31.3 Å². The number of amides is 1. The number of hydrogen-bond acceptors (Lipinski definition) is 4. The van der Waals surface area contributed by atoms with Gasteiger partial charge in [-0.3, -0.25) is 4.79 Å². The molecule has 1 amide bonds. The summed E-state index contributed by atoms with van der Waals surface area (Å²) in [6.07, 6.45) is -4.39. The van der Waals surface area contributed by atoms with Crippen molar-refractivity contribution in [3.63, 3.8) is 0 Å². The summed E-state index contributed by atoms with van der Waals surface area (Å²) in [5.41, 5.74) is 0.281. The molecule has 0 aromatic heterocycles. The van der Waals surface area contributed by atoms with Gasteiger partial charge in [-0.2, -0.15) is 13.2 Å². The van der Waals surface area contributed by atoms with E-state index in [0.717, 1.165) is 0 Å². The number of alkyl halides is 3. The first-order valence-corrected chi connectivity index (χ1v) is 7.23. The zero-order chi connectivity index (χ0) is 16.1. The highest BCUT2D eigenvalue weighted by molar-refractivity contribution is 7.89. The van der Waals surface area contributed by atoms with Gasteiger partial charge in [0.05, 0.1) is 18.0 Å². The van der Waals surface area contributed by atoms with E-state index < -0.39 is 35.2 Å². The Labute approximate surface area is 119 Å². The van der Waals surface area contributed by atoms with E-state index in [0.29, 0.717) is 0 Å². The van der Waals surface area contributed by atoms with Crippen molar-refractivity contribution in [2.75, 3.05) is 25.5 Å². The Balaban J connectivity index is 2.54. The van der Waals surface area contributed by atoms with Crippen molar-refractivity contribution in [2.45, 2.75) is 11.1 Å². The first kappa shape index (κ1) is 17.4. The lowest BCUT2D eigenvalue weighted by Crippen LogP contribution is -2.35. The van der Waals surface area contributed by atoms with Crippen LogP contribution in [0.2, 0.25) is 0 Å². The minimum absolute atomic E-state index is 0.0122. The predicted octanol–water partition coefficient (Wildman–Crippen LogP) is 0.685. The first-order valence-electron chi connectivity index (χ1n) is 5.75. The van der Waals surface area contributed by atoms with Crippen molar-refractivity contribution in [1.82, 2.24) is 10.0 Å². The molecule has 0 bridgehead atoms. The maximum absolute atomic E-state index is 11.9. The number of nitrogens with one attached hydrogen (secondary N) is 3. The van der Waals surface area contributed by atoms with Gasteiger partial charge in [-0.25, -0.2) is 13.1 Å². The number of halogens is 3. The van der Waals surface area contributed by atoms with E-state index in [2.05, 4.69) is 10.0 Å². The monoisotopic (exact) mass is 325 g/mol. The summed E-state index contributed by atoms with van der Waals surface area (Å²) in [6, 6.07) is 5.22. The van der Waals surface area contributed by atoms with E-state index in [-0.39, 0.29) is 10.6 Å². The van der Waals surface area contributed by atoms with Gasteiger partial charge >= 0.3 is 6.18 Å². The number of sulfonamides is 1. The van der Waals surface area contributed by atoms with E-state index in [9.17, 15) is 26.4 Å². The standard InChI is InChI=1S/C11H14F3N3O3S/c1-15-21(19,20)9-4-2-8(3-5-9)17-10(18)6-16-7-11(12,13)14/h2-5,15-16H,6-7H2,1H3,(H,17,18). The van der Waals surface area contributed by atoms with Gasteiger partial charge in [0.1, 0.15) is 0 Å². The van der Waals surface area contributed by atoms with Gasteiger partial charge in [0, 0.05) is 5.69 Å². The van der Waals surface area contributed by atoms with Crippen LogP contribution in [-0.2, 0) is 14.8 Å². The lowest BCUT2D eigenvalue weighted by atomic mass is 10.3. The summed E-state index contributed by atoms with van der Waals surface area (Å²) < 4.78 is 60.6. The Morgan fingerprint density at radius 1 is 1.19 bits per heavy atom. The van der Waals surface area contributed by atoms with Gasteiger partial charge in [-0.15, -0.1) is 0 Å². The molecule has 0 saturated carbocycles. The molecule has 0 aliphatic carbocycles. The summed E-state index contributed by atoms with van der Waals surface area (Å²) >= 11 is 0. The van der Waals surface area contributed by atoms with Gasteiger partial charge in [0.2, 0.25) is 15.9 Å². The van der Waals surface area contributed by atoms with E-state index in [4.69, 9.17) is 0 Å². The highest BCUT2D eigenvalue weighted by Crippen LogP contribution is 2.14. The normalized spacial score (nSPS) is 12.2. The lowest BCUT2D eigenvalue weighted by molar-refractivity contribution is -0.126. The van der Waals surface area contributed by atoms with Crippen molar-refractivity contribution in [1.29, 1.82) is 0 Å². The lowest BCUT2D eigenvalue weighted by Gasteiger charge is -2.09. The molecule has 21 heavy (non-hydrogen) atoms. The number of anilines is 1. The molecule has 1 aromatic rings. The zero-order valence-corrected chi connectivity index (χ0v) is 11.8. The summed E-state index contributed by atoms with van der Waals surface area (Å²) in [5.74, 6) is -0.663. The second kappa shape index (κ2) is 6.87. The SMILES string of the molecule is CNS(=O)(=O)c1ccc(NC(=O)CNCC(F)(F)F)cc1. The Morgan fingerprint density at radius 3 is 2.24 bits per heavy atom. The van der Waals surface area contributed by atoms with E-state index in [1.165, 1.54) is 31.3 Å². The average Bonchev–Trinajstić information content (AvgIpc) is 2.37. The third-order valence-electron chi connectivity index (χ3n) is 2.33. The van der Waals surface area contributed by atoms with Crippen LogP contribution in [0.5, 0.6) is 0 Å². The number of benzene rings is 1. The largest absolute Gasteiger partial charge is 0.401 e. The molecule has 118 valence electrons. The molecule has 1 aromatic carbocycles. The van der Waals surface area contributed by atoms with Gasteiger partial charge in [0.15, 0.2) is 0 Å². The molecular weight excluding hydrogens is 311 g/mol. The minimum atomic E-state index is -4.39. The van der Waals surface area contributed by atoms with Crippen LogP contribution < -0.4 is 15.4 Å². The Hall–Kier alpha value is -1.65. The van der Waals surface area contributed by atoms with Gasteiger partial charge < -0.3 is 10.6 Å². The van der Waals surface area contributed by atoms with Crippen LogP contribution in [0, 0.1) is 0 Å². The van der Waals surface area contributed by atoms with Crippen LogP contribution >= 0.6 is 0 Å². The average molecular weight is 325 g/mol. The van der Waals surface area contributed by atoms with Crippen LogP contribution in [0.1, 0.15) is 0 Å². The highest BCUT2D eigenvalue weighted by atomic mass is 32.2. The Bertz CT molecular complexity index is 585. The molecule has 0 radical (unpaired) electrons. The van der Waals surface area contributed by atoms with Gasteiger partial charge in [0.25, 0.3) is 0 Å². The summed E-state index contributed by atoms with van der Waals surface area (Å²) in [5, 5.41) is 4.29.